The van der Waals surface area contributed by atoms with Crippen LogP contribution in [0.25, 0.3) is 0 Å². The summed E-state index contributed by atoms with van der Waals surface area (Å²) in [4.78, 5) is 25.6. The monoisotopic (exact) mass is 272 g/mol. The van der Waals surface area contributed by atoms with Crippen LogP contribution in [0.15, 0.2) is 45.7 Å². The molecule has 0 saturated heterocycles. The minimum atomic E-state index is -0.0475. The molecule has 4 rings (SSSR count). The van der Waals surface area contributed by atoms with Crippen molar-refractivity contribution < 1.29 is 9.59 Å². The molecule has 0 spiro atoms. The van der Waals surface area contributed by atoms with Gasteiger partial charge < -0.3 is 0 Å². The molecule has 0 N–H and O–H groups in total. The molecule has 2 bridgehead atoms. The number of rotatable bonds is 3. The summed E-state index contributed by atoms with van der Waals surface area (Å²) in [5, 5.41) is 0. The lowest BCUT2D eigenvalue weighted by Crippen LogP contribution is -2.54. The van der Waals surface area contributed by atoms with Crippen LogP contribution in [0.4, 0.5) is 0 Å². The van der Waals surface area contributed by atoms with Crippen molar-refractivity contribution >= 4 is 23.8 Å². The highest BCUT2D eigenvalue weighted by Gasteiger charge is 2.57. The van der Waals surface area contributed by atoms with Gasteiger partial charge >= 0.3 is 0 Å². The Kier molecular flexibility index (Phi) is 2.90. The van der Waals surface area contributed by atoms with Crippen molar-refractivity contribution in [2.75, 3.05) is 0 Å². The minimum Gasteiger partial charge on any atom is -0.298 e. The molecule has 0 unspecified atom stereocenters. The molecule has 19 heavy (non-hydrogen) atoms. The highest BCUT2D eigenvalue weighted by molar-refractivity contribution is 8.04. The number of Topliss-reactive ketones (excluding diaryl/α,β-unsaturated/α-hetero) is 1. The molecule has 1 aromatic carbocycles. The minimum absolute atomic E-state index is 0.0475. The number of carbonyl (C=O) groups is 2. The summed E-state index contributed by atoms with van der Waals surface area (Å²) < 4.78 is 0. The van der Waals surface area contributed by atoms with Crippen LogP contribution in [0.3, 0.4) is 0 Å². The van der Waals surface area contributed by atoms with Crippen LogP contribution in [0, 0.1) is 17.3 Å². The molecular weight excluding hydrogens is 256 g/mol. The van der Waals surface area contributed by atoms with Gasteiger partial charge in [0.05, 0.1) is 4.91 Å². The average molecular weight is 272 g/mol. The van der Waals surface area contributed by atoms with E-state index in [0.717, 1.165) is 17.6 Å². The molecule has 3 heteroatoms. The first kappa shape index (κ1) is 12.7. The van der Waals surface area contributed by atoms with Gasteiger partial charge in [0.15, 0.2) is 5.78 Å². The number of aldehydes is 1. The van der Waals surface area contributed by atoms with E-state index < -0.39 is 0 Å². The summed E-state index contributed by atoms with van der Waals surface area (Å²) in [7, 11) is 0. The van der Waals surface area contributed by atoms with Crippen LogP contribution < -0.4 is 0 Å². The first-order chi connectivity index (χ1) is 9.05. The van der Waals surface area contributed by atoms with Gasteiger partial charge in [-0.3, -0.25) is 9.59 Å². The Balaban J connectivity index is 2.00. The Morgan fingerprint density at radius 2 is 1.89 bits per heavy atom. The third kappa shape index (κ3) is 1.79. The van der Waals surface area contributed by atoms with E-state index in [0.29, 0.717) is 10.5 Å². The van der Waals surface area contributed by atoms with Crippen molar-refractivity contribution in [2.45, 2.75) is 25.2 Å². The van der Waals surface area contributed by atoms with Crippen molar-refractivity contribution in [3.63, 3.8) is 0 Å². The van der Waals surface area contributed by atoms with Gasteiger partial charge in [-0.15, -0.1) is 0 Å². The van der Waals surface area contributed by atoms with Crippen molar-refractivity contribution in [3.05, 3.63) is 40.8 Å². The summed E-state index contributed by atoms with van der Waals surface area (Å²) in [5.41, 5.74) is 0.667. The third-order valence-electron chi connectivity index (χ3n) is 4.54. The fraction of sp³-hybridized carbons (Fsp3) is 0.375. The molecule has 1 aromatic rings. The third-order valence-corrected chi connectivity index (χ3v) is 5.68. The largest absolute Gasteiger partial charge is 0.298 e. The predicted molar refractivity (Wildman–Crippen MR) is 75.8 cm³/mol. The van der Waals surface area contributed by atoms with Crippen molar-refractivity contribution in [1.82, 2.24) is 0 Å². The zero-order valence-electron chi connectivity index (χ0n) is 11.1. The first-order valence-electron chi connectivity index (χ1n) is 6.52. The molecule has 1 fully saturated rings. The zero-order valence-corrected chi connectivity index (χ0v) is 11.9. The van der Waals surface area contributed by atoms with Crippen molar-refractivity contribution in [3.8, 4) is 0 Å². The molecule has 1 saturated carbocycles. The van der Waals surface area contributed by atoms with Crippen LogP contribution in [0.5, 0.6) is 0 Å². The second kappa shape index (κ2) is 4.34. The molecule has 0 amide bonds. The van der Waals surface area contributed by atoms with E-state index >= 15 is 0 Å². The van der Waals surface area contributed by atoms with E-state index in [1.54, 1.807) is 0 Å². The Morgan fingerprint density at radius 3 is 2.47 bits per heavy atom. The fourth-order valence-corrected chi connectivity index (χ4v) is 4.29. The zero-order chi connectivity index (χ0) is 13.6. The molecule has 0 heterocycles. The van der Waals surface area contributed by atoms with Crippen molar-refractivity contribution in [1.29, 1.82) is 0 Å². The molecule has 2 nitrogen and oxygen atoms in total. The number of hydrogen-bond donors (Lipinski definition) is 0. The maximum absolute atomic E-state index is 12.5. The summed E-state index contributed by atoms with van der Waals surface area (Å²) in [5.74, 6) is 0.495. The van der Waals surface area contributed by atoms with E-state index in [-0.39, 0.29) is 23.0 Å². The molecule has 0 aromatic heterocycles. The highest BCUT2D eigenvalue weighted by Crippen LogP contribution is 2.60. The highest BCUT2D eigenvalue weighted by atomic mass is 32.2. The van der Waals surface area contributed by atoms with E-state index in [2.05, 4.69) is 13.8 Å². The molecule has 0 aliphatic heterocycles. The molecule has 3 aliphatic rings. The number of hydrogen-bond acceptors (Lipinski definition) is 3. The second-order valence-electron chi connectivity index (χ2n) is 5.84. The van der Waals surface area contributed by atoms with Gasteiger partial charge in [0.1, 0.15) is 6.29 Å². The van der Waals surface area contributed by atoms with Gasteiger partial charge in [0.2, 0.25) is 0 Å². The number of thioether (sulfide) groups is 1. The van der Waals surface area contributed by atoms with Gasteiger partial charge in [-0.25, -0.2) is 0 Å². The van der Waals surface area contributed by atoms with Crippen LogP contribution in [0.1, 0.15) is 20.3 Å². The van der Waals surface area contributed by atoms with Gasteiger partial charge in [0.25, 0.3) is 0 Å². The van der Waals surface area contributed by atoms with Gasteiger partial charge in [-0.05, 0) is 29.9 Å². The van der Waals surface area contributed by atoms with Crippen LogP contribution in [0.2, 0.25) is 0 Å². The van der Waals surface area contributed by atoms with E-state index in [1.165, 1.54) is 11.8 Å². The van der Waals surface area contributed by atoms with Crippen LogP contribution in [-0.2, 0) is 9.59 Å². The Bertz CT molecular complexity index is 572. The quantitative estimate of drug-likeness (QED) is 0.790. The van der Waals surface area contributed by atoms with Crippen LogP contribution in [-0.4, -0.2) is 12.1 Å². The Hall–Kier alpha value is -1.35. The smallest absolute Gasteiger partial charge is 0.173 e. The van der Waals surface area contributed by atoms with E-state index in [4.69, 9.17) is 0 Å². The number of carbonyl (C=O) groups excluding carboxylic acids is 2. The molecule has 0 radical (unpaired) electrons. The average Bonchev–Trinajstić information content (AvgIpc) is 2.41. The number of allylic oxidation sites excluding steroid dienone is 2. The number of fused-ring (bicyclic) bond motifs is 1. The number of benzene rings is 1. The Labute approximate surface area is 117 Å². The lowest BCUT2D eigenvalue weighted by atomic mass is 9.48. The number of ketones is 1. The Morgan fingerprint density at radius 1 is 1.21 bits per heavy atom. The van der Waals surface area contributed by atoms with E-state index in [1.807, 2.05) is 30.3 Å². The maximum atomic E-state index is 12.5. The van der Waals surface area contributed by atoms with Crippen LogP contribution >= 0.6 is 11.8 Å². The second-order valence-corrected chi connectivity index (χ2v) is 6.93. The molecule has 2 atom stereocenters. The molecule has 98 valence electrons. The predicted octanol–water partition coefficient (Wildman–Crippen LogP) is 3.48. The lowest BCUT2D eigenvalue weighted by Gasteiger charge is -2.55. The summed E-state index contributed by atoms with van der Waals surface area (Å²) in [6.45, 7) is 4.19. The first-order valence-corrected chi connectivity index (χ1v) is 7.34. The van der Waals surface area contributed by atoms with E-state index in [9.17, 15) is 9.59 Å². The molecule has 3 aliphatic carbocycles. The van der Waals surface area contributed by atoms with Gasteiger partial charge in [-0.2, -0.15) is 0 Å². The summed E-state index contributed by atoms with van der Waals surface area (Å²) >= 11 is 1.44. The summed E-state index contributed by atoms with van der Waals surface area (Å²) in [6.07, 6.45) is 1.74. The summed E-state index contributed by atoms with van der Waals surface area (Å²) in [6, 6.07) is 9.78. The normalized spacial score (nSPS) is 28.0. The van der Waals surface area contributed by atoms with Gasteiger partial charge in [0, 0.05) is 16.4 Å². The topological polar surface area (TPSA) is 34.1 Å². The molecular formula is C16H16O2S. The lowest BCUT2D eigenvalue weighted by molar-refractivity contribution is -0.135. The SMILES string of the molecule is CC1(C)[C@@H]2C[C@H]1C(=O)C(Sc1ccccc1)=C2C=O. The van der Waals surface area contributed by atoms with Crippen molar-refractivity contribution in [2.24, 2.45) is 17.3 Å². The van der Waals surface area contributed by atoms with Gasteiger partial charge in [-0.1, -0.05) is 43.8 Å². The maximum Gasteiger partial charge on any atom is 0.173 e. The fourth-order valence-electron chi connectivity index (χ4n) is 3.21. The standard InChI is InChI=1S/C16H16O2S/c1-16(2)12-8-13(16)14(18)15(11(12)9-17)19-10-6-4-3-5-7-10/h3-7,9,12-13H,8H2,1-2H3/t12-,13+/m1/s1.